The van der Waals surface area contributed by atoms with Gasteiger partial charge in [-0.2, -0.15) is 0 Å². The summed E-state index contributed by atoms with van der Waals surface area (Å²) >= 11 is 18.7. The SMILES string of the molecule is Cc1nc(C(=O)Nc2ccc(NC(=S)Nc3cc(Cl)cc(Cl)c3)cc2)cs1. The van der Waals surface area contributed by atoms with Gasteiger partial charge in [0, 0.05) is 32.5 Å². The Balaban J connectivity index is 1.58. The lowest BCUT2D eigenvalue weighted by Crippen LogP contribution is -2.19. The van der Waals surface area contributed by atoms with E-state index in [4.69, 9.17) is 35.4 Å². The molecule has 0 unspecified atom stereocenters. The van der Waals surface area contributed by atoms with Gasteiger partial charge in [0.25, 0.3) is 5.91 Å². The van der Waals surface area contributed by atoms with E-state index in [2.05, 4.69) is 20.9 Å². The Morgan fingerprint density at radius 1 is 0.963 bits per heavy atom. The molecular formula is C18H14Cl2N4OS2. The fourth-order valence-electron chi connectivity index (χ4n) is 2.22. The summed E-state index contributed by atoms with van der Waals surface area (Å²) in [6.07, 6.45) is 0. The number of carbonyl (C=O) groups excluding carboxylic acids is 1. The molecule has 0 radical (unpaired) electrons. The molecule has 0 aliphatic rings. The molecule has 0 saturated heterocycles. The van der Waals surface area contributed by atoms with Crippen molar-refractivity contribution < 1.29 is 4.79 Å². The van der Waals surface area contributed by atoms with Gasteiger partial charge in [-0.3, -0.25) is 4.79 Å². The number of benzene rings is 2. The standard InChI is InChI=1S/C18H14Cl2N4OS2/c1-10-21-16(9-27-10)17(25)22-13-2-4-14(5-3-13)23-18(26)24-15-7-11(19)6-12(20)8-15/h2-9H,1H3,(H,22,25)(H2,23,24,26). The summed E-state index contributed by atoms with van der Waals surface area (Å²) in [5.41, 5.74) is 2.53. The third-order valence-corrected chi connectivity index (χ3v) is 4.79. The van der Waals surface area contributed by atoms with Crippen molar-refractivity contribution in [3.05, 3.63) is 68.6 Å². The minimum Gasteiger partial charge on any atom is -0.332 e. The van der Waals surface area contributed by atoms with Gasteiger partial charge in [0.05, 0.1) is 5.01 Å². The summed E-state index contributed by atoms with van der Waals surface area (Å²) in [5.74, 6) is -0.241. The Bertz CT molecular complexity index is 969. The van der Waals surface area contributed by atoms with Gasteiger partial charge in [0.1, 0.15) is 5.69 Å². The van der Waals surface area contributed by atoms with Crippen LogP contribution >= 0.6 is 46.8 Å². The molecule has 27 heavy (non-hydrogen) atoms. The van der Waals surface area contributed by atoms with Crippen LogP contribution in [0.15, 0.2) is 47.8 Å². The highest BCUT2D eigenvalue weighted by molar-refractivity contribution is 7.80. The molecular weight excluding hydrogens is 423 g/mol. The molecule has 0 saturated carbocycles. The number of carbonyl (C=O) groups is 1. The maximum absolute atomic E-state index is 12.1. The molecule has 0 fully saturated rings. The second-order valence-corrected chi connectivity index (χ2v) is 7.86. The Kier molecular flexibility index (Phi) is 6.28. The number of hydrogen-bond acceptors (Lipinski definition) is 4. The Hall–Kier alpha value is -2.19. The fourth-order valence-corrected chi connectivity index (χ4v) is 3.57. The largest absolute Gasteiger partial charge is 0.332 e. The zero-order valence-electron chi connectivity index (χ0n) is 14.0. The van der Waals surface area contributed by atoms with Crippen LogP contribution in [0.1, 0.15) is 15.5 Å². The molecule has 1 heterocycles. The Labute approximate surface area is 175 Å². The summed E-state index contributed by atoms with van der Waals surface area (Å²) in [6, 6.07) is 12.3. The number of nitrogens with zero attached hydrogens (tertiary/aromatic N) is 1. The smallest absolute Gasteiger partial charge is 0.275 e. The first-order valence-electron chi connectivity index (χ1n) is 7.77. The average Bonchev–Trinajstić information content (AvgIpc) is 3.02. The maximum Gasteiger partial charge on any atom is 0.275 e. The molecule has 0 atom stereocenters. The molecule has 1 amide bonds. The molecule has 0 aliphatic heterocycles. The van der Waals surface area contributed by atoms with Gasteiger partial charge < -0.3 is 16.0 Å². The first kappa shape index (κ1) is 19.6. The van der Waals surface area contributed by atoms with E-state index in [0.29, 0.717) is 32.2 Å². The van der Waals surface area contributed by atoms with Crippen LogP contribution in [0, 0.1) is 6.92 Å². The lowest BCUT2D eigenvalue weighted by Gasteiger charge is -2.12. The number of amides is 1. The first-order valence-corrected chi connectivity index (χ1v) is 9.81. The predicted molar refractivity (Wildman–Crippen MR) is 118 cm³/mol. The molecule has 3 rings (SSSR count). The van der Waals surface area contributed by atoms with Crippen LogP contribution in [-0.4, -0.2) is 16.0 Å². The van der Waals surface area contributed by atoms with Crippen molar-refractivity contribution in [2.45, 2.75) is 6.92 Å². The molecule has 3 aromatic rings. The topological polar surface area (TPSA) is 66.0 Å². The first-order chi connectivity index (χ1) is 12.9. The van der Waals surface area contributed by atoms with E-state index in [0.717, 1.165) is 10.7 Å². The summed E-state index contributed by atoms with van der Waals surface area (Å²) in [6.45, 7) is 1.86. The molecule has 138 valence electrons. The van der Waals surface area contributed by atoms with Crippen LogP contribution in [0.4, 0.5) is 17.1 Å². The minimum absolute atomic E-state index is 0.241. The third-order valence-electron chi connectivity index (χ3n) is 3.37. The number of thiocarbonyl (C=S) groups is 1. The lowest BCUT2D eigenvalue weighted by atomic mass is 10.2. The fraction of sp³-hybridized carbons (Fsp3) is 0.0556. The van der Waals surface area contributed by atoms with Crippen molar-refractivity contribution in [1.29, 1.82) is 0 Å². The number of aryl methyl sites for hydroxylation is 1. The van der Waals surface area contributed by atoms with Crippen molar-refractivity contribution >= 4 is 74.8 Å². The summed E-state index contributed by atoms with van der Waals surface area (Å²) < 4.78 is 0. The second-order valence-electron chi connectivity index (χ2n) is 5.52. The van der Waals surface area contributed by atoms with Gasteiger partial charge in [0.2, 0.25) is 0 Å². The monoisotopic (exact) mass is 436 g/mol. The van der Waals surface area contributed by atoms with Crippen LogP contribution in [0.25, 0.3) is 0 Å². The van der Waals surface area contributed by atoms with Crippen molar-refractivity contribution in [2.24, 2.45) is 0 Å². The van der Waals surface area contributed by atoms with Gasteiger partial charge in [0.15, 0.2) is 5.11 Å². The molecule has 2 aromatic carbocycles. The van der Waals surface area contributed by atoms with E-state index in [-0.39, 0.29) is 5.91 Å². The van der Waals surface area contributed by atoms with Crippen molar-refractivity contribution in [2.75, 3.05) is 16.0 Å². The summed E-state index contributed by atoms with van der Waals surface area (Å²) in [4.78, 5) is 16.3. The number of rotatable bonds is 4. The van der Waals surface area contributed by atoms with Gasteiger partial charge >= 0.3 is 0 Å². The van der Waals surface area contributed by atoms with Gasteiger partial charge in [-0.1, -0.05) is 23.2 Å². The number of hydrogen-bond donors (Lipinski definition) is 3. The van der Waals surface area contributed by atoms with Crippen LogP contribution in [0.3, 0.4) is 0 Å². The lowest BCUT2D eigenvalue weighted by molar-refractivity contribution is 0.102. The Morgan fingerprint density at radius 3 is 2.07 bits per heavy atom. The van der Waals surface area contributed by atoms with Crippen LogP contribution in [-0.2, 0) is 0 Å². The van der Waals surface area contributed by atoms with E-state index in [1.165, 1.54) is 11.3 Å². The van der Waals surface area contributed by atoms with E-state index in [1.807, 2.05) is 6.92 Å². The molecule has 5 nitrogen and oxygen atoms in total. The van der Waals surface area contributed by atoms with E-state index in [9.17, 15) is 4.79 Å². The second kappa shape index (κ2) is 8.67. The van der Waals surface area contributed by atoms with Gasteiger partial charge in [-0.25, -0.2) is 4.98 Å². The van der Waals surface area contributed by atoms with Crippen LogP contribution < -0.4 is 16.0 Å². The third kappa shape index (κ3) is 5.64. The normalized spacial score (nSPS) is 10.3. The predicted octanol–water partition coefficient (Wildman–Crippen LogP) is 5.82. The molecule has 0 bridgehead atoms. The van der Waals surface area contributed by atoms with E-state index >= 15 is 0 Å². The highest BCUT2D eigenvalue weighted by atomic mass is 35.5. The zero-order valence-corrected chi connectivity index (χ0v) is 17.2. The molecule has 1 aromatic heterocycles. The van der Waals surface area contributed by atoms with Crippen molar-refractivity contribution in [3.8, 4) is 0 Å². The number of halogens is 2. The van der Waals surface area contributed by atoms with Crippen molar-refractivity contribution in [3.63, 3.8) is 0 Å². The van der Waals surface area contributed by atoms with Crippen LogP contribution in [0.5, 0.6) is 0 Å². The van der Waals surface area contributed by atoms with E-state index in [1.54, 1.807) is 47.8 Å². The van der Waals surface area contributed by atoms with Gasteiger partial charge in [-0.15, -0.1) is 11.3 Å². The highest BCUT2D eigenvalue weighted by Crippen LogP contribution is 2.23. The zero-order chi connectivity index (χ0) is 19.4. The maximum atomic E-state index is 12.1. The number of aromatic nitrogens is 1. The number of anilines is 3. The summed E-state index contributed by atoms with van der Waals surface area (Å²) in [7, 11) is 0. The number of nitrogens with one attached hydrogen (secondary N) is 3. The summed E-state index contributed by atoms with van der Waals surface area (Å²) in [5, 5.41) is 12.9. The molecule has 0 aliphatic carbocycles. The molecule has 9 heteroatoms. The molecule has 0 spiro atoms. The van der Waals surface area contributed by atoms with E-state index < -0.39 is 0 Å². The Morgan fingerprint density at radius 2 is 1.52 bits per heavy atom. The number of thiazole rings is 1. The van der Waals surface area contributed by atoms with Gasteiger partial charge in [-0.05, 0) is 61.6 Å². The minimum atomic E-state index is -0.241. The average molecular weight is 437 g/mol. The highest BCUT2D eigenvalue weighted by Gasteiger charge is 2.09. The molecule has 3 N–H and O–H groups in total. The van der Waals surface area contributed by atoms with Crippen LogP contribution in [0.2, 0.25) is 10.0 Å². The quantitative estimate of drug-likeness (QED) is 0.449. The van der Waals surface area contributed by atoms with Crippen molar-refractivity contribution in [1.82, 2.24) is 4.98 Å².